The van der Waals surface area contributed by atoms with Crippen molar-refractivity contribution in [3.05, 3.63) is 27.9 Å². The van der Waals surface area contributed by atoms with Gasteiger partial charge in [0.1, 0.15) is 5.82 Å². The highest BCUT2D eigenvalue weighted by Gasteiger charge is 2.40. The Hall–Kier alpha value is -1.30. The van der Waals surface area contributed by atoms with Crippen molar-refractivity contribution >= 4 is 0 Å². The molecule has 6 heteroatoms. The number of nitrogens with zero attached hydrogens (tertiary/aromatic N) is 1. The van der Waals surface area contributed by atoms with Crippen LogP contribution in [-0.2, 0) is 6.54 Å². The van der Waals surface area contributed by atoms with Crippen LogP contribution in [0, 0.1) is 0 Å². The minimum atomic E-state index is -2.62. The standard InChI is InChI=1S/C12H17F2N3O/c1-2-15-6-9-7-16-10(17-11(9)18)8-3-4-12(13,14)5-8/h7-8,15H,2-6H2,1H3,(H,16,17,18). The zero-order chi connectivity index (χ0) is 13.2. The molecular formula is C12H17F2N3O. The van der Waals surface area contributed by atoms with Crippen LogP contribution in [0.25, 0.3) is 0 Å². The number of rotatable bonds is 4. The molecule has 1 unspecified atom stereocenters. The minimum absolute atomic E-state index is 0.124. The maximum atomic E-state index is 13.1. The highest BCUT2D eigenvalue weighted by atomic mass is 19.3. The molecule has 4 nitrogen and oxygen atoms in total. The Morgan fingerprint density at radius 1 is 1.61 bits per heavy atom. The van der Waals surface area contributed by atoms with E-state index in [0.717, 1.165) is 6.54 Å². The van der Waals surface area contributed by atoms with E-state index in [1.807, 2.05) is 6.92 Å². The number of alkyl halides is 2. The Labute approximate surface area is 104 Å². The highest BCUT2D eigenvalue weighted by Crippen LogP contribution is 2.42. The van der Waals surface area contributed by atoms with Crippen LogP contribution in [0.2, 0.25) is 0 Å². The van der Waals surface area contributed by atoms with Crippen LogP contribution >= 0.6 is 0 Å². The van der Waals surface area contributed by atoms with Gasteiger partial charge in [0.25, 0.3) is 5.56 Å². The lowest BCUT2D eigenvalue weighted by Gasteiger charge is -2.10. The quantitative estimate of drug-likeness (QED) is 0.864. The SMILES string of the molecule is CCNCc1cnc(C2CCC(F)(F)C2)[nH]c1=O. The van der Waals surface area contributed by atoms with Gasteiger partial charge in [-0.15, -0.1) is 0 Å². The molecule has 0 amide bonds. The van der Waals surface area contributed by atoms with Crippen LogP contribution in [0.4, 0.5) is 8.78 Å². The van der Waals surface area contributed by atoms with Gasteiger partial charge < -0.3 is 10.3 Å². The predicted molar refractivity (Wildman–Crippen MR) is 63.8 cm³/mol. The maximum Gasteiger partial charge on any atom is 0.255 e. The lowest BCUT2D eigenvalue weighted by atomic mass is 10.1. The van der Waals surface area contributed by atoms with Crippen molar-refractivity contribution in [2.24, 2.45) is 0 Å². The Balaban J connectivity index is 2.12. The maximum absolute atomic E-state index is 13.1. The summed E-state index contributed by atoms with van der Waals surface area (Å²) in [5.41, 5.74) is 0.293. The van der Waals surface area contributed by atoms with Gasteiger partial charge in [-0.25, -0.2) is 13.8 Å². The summed E-state index contributed by atoms with van der Waals surface area (Å²) in [5.74, 6) is -2.57. The van der Waals surface area contributed by atoms with E-state index in [-0.39, 0.29) is 24.3 Å². The number of hydrogen-bond acceptors (Lipinski definition) is 3. The van der Waals surface area contributed by atoms with Crippen molar-refractivity contribution in [2.75, 3.05) is 6.54 Å². The predicted octanol–water partition coefficient (Wildman–Crippen LogP) is 1.78. The molecule has 2 N–H and O–H groups in total. The number of halogens is 2. The average molecular weight is 257 g/mol. The number of hydrogen-bond donors (Lipinski definition) is 2. The summed E-state index contributed by atoms with van der Waals surface area (Å²) in [5, 5.41) is 3.03. The van der Waals surface area contributed by atoms with E-state index in [4.69, 9.17) is 0 Å². The second kappa shape index (κ2) is 5.14. The van der Waals surface area contributed by atoms with E-state index >= 15 is 0 Å². The van der Waals surface area contributed by atoms with Gasteiger partial charge >= 0.3 is 0 Å². The van der Waals surface area contributed by atoms with Crippen molar-refractivity contribution in [1.29, 1.82) is 0 Å². The first-order valence-electron chi connectivity index (χ1n) is 6.18. The molecule has 0 aliphatic heterocycles. The van der Waals surface area contributed by atoms with E-state index < -0.39 is 5.92 Å². The number of aromatic amines is 1. The summed E-state index contributed by atoms with van der Waals surface area (Å²) in [6, 6.07) is 0. The van der Waals surface area contributed by atoms with Crippen LogP contribution in [0.1, 0.15) is 43.5 Å². The van der Waals surface area contributed by atoms with Crippen LogP contribution in [0.3, 0.4) is 0 Å². The van der Waals surface area contributed by atoms with Crippen molar-refractivity contribution in [3.8, 4) is 0 Å². The fourth-order valence-corrected chi connectivity index (χ4v) is 2.21. The zero-order valence-corrected chi connectivity index (χ0v) is 10.3. The molecule has 0 bridgehead atoms. The molecule has 1 aromatic heterocycles. The molecule has 1 heterocycles. The molecule has 1 fully saturated rings. The molecular weight excluding hydrogens is 240 g/mol. The first-order valence-corrected chi connectivity index (χ1v) is 6.18. The Kier molecular flexibility index (Phi) is 3.75. The summed E-state index contributed by atoms with van der Waals surface area (Å²) >= 11 is 0. The molecule has 1 saturated carbocycles. The lowest BCUT2D eigenvalue weighted by molar-refractivity contribution is 0.00753. The molecule has 18 heavy (non-hydrogen) atoms. The van der Waals surface area contributed by atoms with Crippen LogP contribution in [-0.4, -0.2) is 22.4 Å². The summed E-state index contributed by atoms with van der Waals surface area (Å²) in [7, 11) is 0. The Morgan fingerprint density at radius 2 is 2.39 bits per heavy atom. The summed E-state index contributed by atoms with van der Waals surface area (Å²) in [6.45, 7) is 3.15. The third-order valence-corrected chi connectivity index (χ3v) is 3.25. The first-order chi connectivity index (χ1) is 8.52. The summed E-state index contributed by atoms with van der Waals surface area (Å²) < 4.78 is 26.2. The molecule has 0 radical (unpaired) electrons. The normalized spacial score (nSPS) is 22.3. The molecule has 0 spiro atoms. The Morgan fingerprint density at radius 3 is 2.94 bits per heavy atom. The Bertz CT molecular complexity index is 473. The van der Waals surface area contributed by atoms with Gasteiger partial charge in [-0.2, -0.15) is 0 Å². The summed E-state index contributed by atoms with van der Waals surface area (Å²) in [6.07, 6.45) is 1.51. The topological polar surface area (TPSA) is 57.8 Å². The summed E-state index contributed by atoms with van der Waals surface area (Å²) in [4.78, 5) is 18.5. The fourth-order valence-electron chi connectivity index (χ4n) is 2.21. The molecule has 1 aromatic rings. The molecule has 2 rings (SSSR count). The molecule has 1 aliphatic rings. The molecule has 100 valence electrons. The minimum Gasteiger partial charge on any atom is -0.313 e. The van der Waals surface area contributed by atoms with Crippen molar-refractivity contribution in [2.45, 2.75) is 44.6 Å². The number of aromatic nitrogens is 2. The van der Waals surface area contributed by atoms with E-state index in [0.29, 0.717) is 24.4 Å². The molecule has 1 atom stereocenters. The largest absolute Gasteiger partial charge is 0.313 e. The van der Waals surface area contributed by atoms with Crippen molar-refractivity contribution < 1.29 is 8.78 Å². The number of H-pyrrole nitrogens is 1. The molecule has 0 saturated heterocycles. The van der Waals surface area contributed by atoms with E-state index in [1.54, 1.807) is 0 Å². The third kappa shape index (κ3) is 2.93. The smallest absolute Gasteiger partial charge is 0.255 e. The second-order valence-corrected chi connectivity index (χ2v) is 4.70. The van der Waals surface area contributed by atoms with Gasteiger partial charge in [-0.05, 0) is 13.0 Å². The van der Waals surface area contributed by atoms with Crippen LogP contribution in [0.15, 0.2) is 11.0 Å². The van der Waals surface area contributed by atoms with Crippen molar-refractivity contribution in [1.82, 2.24) is 15.3 Å². The van der Waals surface area contributed by atoms with Gasteiger partial charge in [0, 0.05) is 37.1 Å². The zero-order valence-electron chi connectivity index (χ0n) is 10.3. The van der Waals surface area contributed by atoms with Crippen molar-refractivity contribution in [3.63, 3.8) is 0 Å². The van der Waals surface area contributed by atoms with E-state index in [2.05, 4.69) is 15.3 Å². The molecule has 1 aliphatic carbocycles. The number of nitrogens with one attached hydrogen (secondary N) is 2. The third-order valence-electron chi connectivity index (χ3n) is 3.25. The molecule has 0 aromatic carbocycles. The lowest BCUT2D eigenvalue weighted by Crippen LogP contribution is -2.23. The van der Waals surface area contributed by atoms with Gasteiger partial charge in [-0.1, -0.05) is 6.92 Å². The van der Waals surface area contributed by atoms with Crippen LogP contribution in [0.5, 0.6) is 0 Å². The van der Waals surface area contributed by atoms with Gasteiger partial charge in [0.2, 0.25) is 5.92 Å². The second-order valence-electron chi connectivity index (χ2n) is 4.70. The fraction of sp³-hybridized carbons (Fsp3) is 0.667. The van der Waals surface area contributed by atoms with E-state index in [1.165, 1.54) is 6.20 Å². The van der Waals surface area contributed by atoms with Crippen LogP contribution < -0.4 is 10.9 Å². The van der Waals surface area contributed by atoms with Gasteiger partial charge in [-0.3, -0.25) is 4.79 Å². The van der Waals surface area contributed by atoms with E-state index in [9.17, 15) is 13.6 Å². The average Bonchev–Trinajstić information content (AvgIpc) is 2.68. The van der Waals surface area contributed by atoms with Gasteiger partial charge in [0.05, 0.1) is 0 Å². The van der Waals surface area contributed by atoms with Gasteiger partial charge in [0.15, 0.2) is 0 Å². The first kappa shape index (κ1) is 13.1. The monoisotopic (exact) mass is 257 g/mol. The highest BCUT2D eigenvalue weighted by molar-refractivity contribution is 5.09.